The Kier molecular flexibility index (Phi) is 3.90. The molecule has 2 atom stereocenters. The molecule has 7 nitrogen and oxygen atoms in total. The number of hydrogen-bond acceptors (Lipinski definition) is 6. The first-order valence-corrected chi connectivity index (χ1v) is 10.2. The second-order valence-electron chi connectivity index (χ2n) is 7.96. The SMILES string of the molecule is N#Cc1cnc(-c2cnn3ccccc23)nc1N1C[C@@H]2C[C@H]1CN2c1cccc(F)c1. The Morgan fingerprint density at radius 2 is 1.90 bits per heavy atom. The van der Waals surface area contributed by atoms with Crippen molar-refractivity contribution in [1.82, 2.24) is 19.6 Å². The third-order valence-corrected chi connectivity index (χ3v) is 6.21. The summed E-state index contributed by atoms with van der Waals surface area (Å²) in [5, 5.41) is 14.1. The van der Waals surface area contributed by atoms with Crippen molar-refractivity contribution in [3.63, 3.8) is 0 Å². The zero-order valence-corrected chi connectivity index (χ0v) is 16.6. The maximum atomic E-state index is 13.7. The molecule has 31 heavy (non-hydrogen) atoms. The van der Waals surface area contributed by atoms with Gasteiger partial charge >= 0.3 is 0 Å². The van der Waals surface area contributed by atoms with Crippen LogP contribution in [0.15, 0.2) is 61.1 Å². The van der Waals surface area contributed by atoms with Crippen molar-refractivity contribution >= 4 is 17.0 Å². The third-order valence-electron chi connectivity index (χ3n) is 6.21. The third kappa shape index (κ3) is 2.81. The summed E-state index contributed by atoms with van der Waals surface area (Å²) in [7, 11) is 0. The largest absolute Gasteiger partial charge is 0.365 e. The van der Waals surface area contributed by atoms with Gasteiger partial charge < -0.3 is 9.80 Å². The first-order valence-electron chi connectivity index (χ1n) is 10.2. The Morgan fingerprint density at radius 3 is 2.71 bits per heavy atom. The molecule has 2 fully saturated rings. The Bertz CT molecular complexity index is 1340. The van der Waals surface area contributed by atoms with E-state index in [1.807, 2.05) is 30.5 Å². The zero-order valence-electron chi connectivity index (χ0n) is 16.6. The average molecular weight is 411 g/mol. The Hall–Kier alpha value is -3.99. The van der Waals surface area contributed by atoms with Crippen LogP contribution in [0.1, 0.15) is 12.0 Å². The molecule has 152 valence electrons. The molecule has 0 N–H and O–H groups in total. The van der Waals surface area contributed by atoms with Crippen molar-refractivity contribution in [1.29, 1.82) is 5.26 Å². The van der Waals surface area contributed by atoms with E-state index in [1.54, 1.807) is 29.0 Å². The van der Waals surface area contributed by atoms with Crippen LogP contribution >= 0.6 is 0 Å². The van der Waals surface area contributed by atoms with E-state index < -0.39 is 0 Å². The summed E-state index contributed by atoms with van der Waals surface area (Å²) in [5.41, 5.74) is 3.11. The Balaban J connectivity index is 1.34. The highest BCUT2D eigenvalue weighted by molar-refractivity contribution is 5.76. The number of piperazine rings is 1. The minimum Gasteiger partial charge on any atom is -0.365 e. The fraction of sp³-hybridized carbons (Fsp3) is 0.217. The predicted molar refractivity (Wildman–Crippen MR) is 114 cm³/mol. The highest BCUT2D eigenvalue weighted by Gasteiger charge is 2.44. The molecule has 2 saturated heterocycles. The van der Waals surface area contributed by atoms with Gasteiger partial charge in [0.05, 0.1) is 29.5 Å². The van der Waals surface area contributed by atoms with Crippen molar-refractivity contribution < 1.29 is 4.39 Å². The number of fused-ring (bicyclic) bond motifs is 3. The highest BCUT2D eigenvalue weighted by Crippen LogP contribution is 2.38. The summed E-state index contributed by atoms with van der Waals surface area (Å²) in [6.45, 7) is 1.51. The lowest BCUT2D eigenvalue weighted by molar-refractivity contribution is 0.617. The average Bonchev–Trinajstić information content (AvgIpc) is 3.53. The van der Waals surface area contributed by atoms with E-state index in [0.717, 1.165) is 36.3 Å². The van der Waals surface area contributed by atoms with Crippen LogP contribution in [0.5, 0.6) is 0 Å². The molecule has 0 radical (unpaired) electrons. The highest BCUT2D eigenvalue weighted by atomic mass is 19.1. The minimum absolute atomic E-state index is 0.215. The maximum Gasteiger partial charge on any atom is 0.165 e. The molecule has 4 aromatic rings. The first kappa shape index (κ1) is 17.8. The van der Waals surface area contributed by atoms with E-state index >= 15 is 0 Å². The number of halogens is 1. The van der Waals surface area contributed by atoms with Gasteiger partial charge in [0.2, 0.25) is 0 Å². The normalized spacial score (nSPS) is 19.9. The van der Waals surface area contributed by atoms with Gasteiger partial charge in [0.25, 0.3) is 0 Å². The predicted octanol–water partition coefficient (Wildman–Crippen LogP) is 3.27. The smallest absolute Gasteiger partial charge is 0.165 e. The summed E-state index contributed by atoms with van der Waals surface area (Å²) in [6.07, 6.45) is 6.18. The molecule has 2 aliphatic rings. The minimum atomic E-state index is -0.224. The van der Waals surface area contributed by atoms with Crippen molar-refractivity contribution in [2.45, 2.75) is 18.5 Å². The molecule has 0 saturated carbocycles. The van der Waals surface area contributed by atoms with Gasteiger partial charge in [-0.25, -0.2) is 18.9 Å². The number of nitriles is 1. The summed E-state index contributed by atoms with van der Waals surface area (Å²) < 4.78 is 15.5. The Morgan fingerprint density at radius 1 is 1.03 bits per heavy atom. The van der Waals surface area contributed by atoms with E-state index in [-0.39, 0.29) is 17.9 Å². The fourth-order valence-corrected chi connectivity index (χ4v) is 4.80. The first-order chi connectivity index (χ1) is 15.2. The monoisotopic (exact) mass is 411 g/mol. The van der Waals surface area contributed by atoms with Crippen LogP contribution in [0.4, 0.5) is 15.9 Å². The molecule has 2 bridgehead atoms. The molecule has 0 spiro atoms. The second-order valence-corrected chi connectivity index (χ2v) is 7.96. The number of aromatic nitrogens is 4. The van der Waals surface area contributed by atoms with Crippen LogP contribution < -0.4 is 9.80 Å². The lowest BCUT2D eigenvalue weighted by Gasteiger charge is -2.36. The van der Waals surface area contributed by atoms with Gasteiger partial charge in [-0.05, 0) is 36.8 Å². The molecular formula is C23H18FN7. The van der Waals surface area contributed by atoms with Crippen LogP contribution in [-0.2, 0) is 0 Å². The van der Waals surface area contributed by atoms with Crippen molar-refractivity contribution in [3.8, 4) is 17.5 Å². The summed E-state index contributed by atoms with van der Waals surface area (Å²) in [6, 6.07) is 15.3. The van der Waals surface area contributed by atoms with E-state index in [2.05, 4.69) is 26.0 Å². The number of benzene rings is 1. The van der Waals surface area contributed by atoms with Gasteiger partial charge in [-0.15, -0.1) is 0 Å². The molecular weight excluding hydrogens is 393 g/mol. The van der Waals surface area contributed by atoms with E-state index in [1.165, 1.54) is 6.07 Å². The van der Waals surface area contributed by atoms with Crippen molar-refractivity contribution in [2.24, 2.45) is 0 Å². The molecule has 6 rings (SSSR count). The molecule has 2 aliphatic heterocycles. The summed E-state index contributed by atoms with van der Waals surface area (Å²) >= 11 is 0. The second kappa shape index (κ2) is 6.77. The van der Waals surface area contributed by atoms with Crippen molar-refractivity contribution in [3.05, 3.63) is 72.4 Å². The topological polar surface area (TPSA) is 73.3 Å². The van der Waals surface area contributed by atoms with E-state index in [9.17, 15) is 9.65 Å². The molecule has 0 aliphatic carbocycles. The lowest BCUT2D eigenvalue weighted by Crippen LogP contribution is -2.47. The number of anilines is 2. The summed E-state index contributed by atoms with van der Waals surface area (Å²) in [5.74, 6) is 0.992. The standard InChI is InChI=1S/C23H18FN7/c24-16-4-3-5-17(8-16)29-13-19-9-18(29)14-30(19)23-15(10-25)11-26-22(28-23)20-12-27-31-7-2-1-6-21(20)31/h1-8,11-12,18-19H,9,13-14H2/t18-,19-/m0/s1. The van der Waals surface area contributed by atoms with Crippen LogP contribution in [0.2, 0.25) is 0 Å². The van der Waals surface area contributed by atoms with Gasteiger partial charge in [-0.1, -0.05) is 12.1 Å². The van der Waals surface area contributed by atoms with Gasteiger partial charge in [-0.2, -0.15) is 10.4 Å². The molecule has 3 aromatic heterocycles. The fourth-order valence-electron chi connectivity index (χ4n) is 4.80. The van der Waals surface area contributed by atoms with Gasteiger partial charge in [0, 0.05) is 31.0 Å². The maximum absolute atomic E-state index is 13.7. The van der Waals surface area contributed by atoms with Crippen LogP contribution in [0, 0.1) is 17.1 Å². The number of pyridine rings is 1. The lowest BCUT2D eigenvalue weighted by atomic mass is 10.2. The number of hydrogen-bond donors (Lipinski definition) is 0. The number of rotatable bonds is 3. The molecule has 0 amide bonds. The number of nitrogens with zero attached hydrogens (tertiary/aromatic N) is 7. The van der Waals surface area contributed by atoms with E-state index in [0.29, 0.717) is 17.2 Å². The molecule has 0 unspecified atom stereocenters. The van der Waals surface area contributed by atoms with Crippen LogP contribution in [0.3, 0.4) is 0 Å². The van der Waals surface area contributed by atoms with E-state index in [4.69, 9.17) is 4.98 Å². The summed E-state index contributed by atoms with van der Waals surface area (Å²) in [4.78, 5) is 13.7. The van der Waals surface area contributed by atoms with Gasteiger partial charge in [0.15, 0.2) is 11.6 Å². The zero-order chi connectivity index (χ0) is 20.9. The molecule has 8 heteroatoms. The molecule has 1 aromatic carbocycles. The van der Waals surface area contributed by atoms with Crippen LogP contribution in [-0.4, -0.2) is 44.8 Å². The van der Waals surface area contributed by atoms with Crippen molar-refractivity contribution in [2.75, 3.05) is 22.9 Å². The quantitative estimate of drug-likeness (QED) is 0.515. The van der Waals surface area contributed by atoms with Gasteiger partial charge in [-0.3, -0.25) is 0 Å². The Labute approximate surface area is 178 Å². The van der Waals surface area contributed by atoms with Gasteiger partial charge in [0.1, 0.15) is 17.4 Å². The molecule has 5 heterocycles. The van der Waals surface area contributed by atoms with Crippen LogP contribution in [0.25, 0.3) is 16.9 Å².